The number of aromatic nitrogens is 2. The molecule has 1 aromatic rings. The van der Waals surface area contributed by atoms with E-state index in [1.165, 1.54) is 13.0 Å². The summed E-state index contributed by atoms with van der Waals surface area (Å²) in [5.41, 5.74) is 0. The summed E-state index contributed by atoms with van der Waals surface area (Å²) in [6.07, 6.45) is 2.17. The SMILES string of the molecule is CNC(C)c1nc(CC2CCN(C)C2)no1. The molecule has 0 bridgehead atoms. The fourth-order valence-electron chi connectivity index (χ4n) is 2.10. The van der Waals surface area contributed by atoms with E-state index in [0.29, 0.717) is 11.8 Å². The maximum absolute atomic E-state index is 5.22. The first-order valence-corrected chi connectivity index (χ1v) is 5.87. The van der Waals surface area contributed by atoms with Crippen molar-refractivity contribution in [1.82, 2.24) is 20.4 Å². The van der Waals surface area contributed by atoms with Crippen LogP contribution in [0, 0.1) is 5.92 Å². The Labute approximate surface area is 96.2 Å². The van der Waals surface area contributed by atoms with Crippen molar-refractivity contribution in [2.45, 2.75) is 25.8 Å². The maximum Gasteiger partial charge on any atom is 0.243 e. The van der Waals surface area contributed by atoms with E-state index < -0.39 is 0 Å². The Morgan fingerprint density at radius 1 is 1.62 bits per heavy atom. The number of hydrogen-bond donors (Lipinski definition) is 1. The van der Waals surface area contributed by atoms with E-state index >= 15 is 0 Å². The monoisotopic (exact) mass is 224 g/mol. The molecule has 2 atom stereocenters. The van der Waals surface area contributed by atoms with E-state index in [-0.39, 0.29) is 6.04 Å². The van der Waals surface area contributed by atoms with E-state index in [2.05, 4.69) is 27.4 Å². The molecule has 2 unspecified atom stereocenters. The highest BCUT2D eigenvalue weighted by atomic mass is 16.5. The van der Waals surface area contributed by atoms with Crippen LogP contribution in [0.5, 0.6) is 0 Å². The lowest BCUT2D eigenvalue weighted by molar-refractivity contribution is 0.340. The first-order valence-electron chi connectivity index (χ1n) is 5.87. The van der Waals surface area contributed by atoms with Gasteiger partial charge in [0.05, 0.1) is 6.04 Å². The predicted molar refractivity (Wildman–Crippen MR) is 61.1 cm³/mol. The summed E-state index contributed by atoms with van der Waals surface area (Å²) in [7, 11) is 4.05. The molecule has 1 aromatic heterocycles. The van der Waals surface area contributed by atoms with Gasteiger partial charge in [-0.1, -0.05) is 5.16 Å². The van der Waals surface area contributed by atoms with Crippen LogP contribution in [0.3, 0.4) is 0 Å². The highest BCUT2D eigenvalue weighted by molar-refractivity contribution is 4.93. The Morgan fingerprint density at radius 2 is 2.44 bits per heavy atom. The van der Waals surface area contributed by atoms with Crippen LogP contribution < -0.4 is 5.32 Å². The lowest BCUT2D eigenvalue weighted by atomic mass is 10.1. The second-order valence-electron chi connectivity index (χ2n) is 4.68. The normalized spacial score (nSPS) is 23.8. The molecule has 1 aliphatic heterocycles. The zero-order valence-corrected chi connectivity index (χ0v) is 10.2. The number of nitrogens with zero attached hydrogens (tertiary/aromatic N) is 3. The van der Waals surface area contributed by atoms with Crippen molar-refractivity contribution < 1.29 is 4.52 Å². The van der Waals surface area contributed by atoms with Crippen molar-refractivity contribution in [2.75, 3.05) is 27.2 Å². The van der Waals surface area contributed by atoms with Gasteiger partial charge in [-0.25, -0.2) is 0 Å². The van der Waals surface area contributed by atoms with Gasteiger partial charge in [-0.15, -0.1) is 0 Å². The Bertz CT molecular complexity index is 338. The van der Waals surface area contributed by atoms with E-state index in [1.807, 2.05) is 14.0 Å². The molecule has 1 saturated heterocycles. The largest absolute Gasteiger partial charge is 0.338 e. The summed E-state index contributed by atoms with van der Waals surface area (Å²) in [6, 6.07) is 0.132. The molecule has 5 nitrogen and oxygen atoms in total. The molecule has 0 spiro atoms. The summed E-state index contributed by atoms with van der Waals surface area (Å²) in [4.78, 5) is 6.76. The fourth-order valence-corrected chi connectivity index (χ4v) is 2.10. The van der Waals surface area contributed by atoms with Crippen molar-refractivity contribution in [3.63, 3.8) is 0 Å². The van der Waals surface area contributed by atoms with Gasteiger partial charge >= 0.3 is 0 Å². The summed E-state index contributed by atoms with van der Waals surface area (Å²) < 4.78 is 5.22. The average molecular weight is 224 g/mol. The lowest BCUT2D eigenvalue weighted by Gasteiger charge is -2.07. The second kappa shape index (κ2) is 4.93. The first-order chi connectivity index (χ1) is 7.69. The van der Waals surface area contributed by atoms with Crippen LogP contribution in [-0.2, 0) is 6.42 Å². The highest BCUT2D eigenvalue weighted by Gasteiger charge is 2.22. The molecule has 1 fully saturated rings. The summed E-state index contributed by atoms with van der Waals surface area (Å²) in [5.74, 6) is 2.21. The van der Waals surface area contributed by atoms with Crippen LogP contribution in [0.1, 0.15) is 31.1 Å². The van der Waals surface area contributed by atoms with Crippen LogP contribution in [0.25, 0.3) is 0 Å². The third-order valence-electron chi connectivity index (χ3n) is 3.25. The van der Waals surface area contributed by atoms with Crippen LogP contribution in [0.4, 0.5) is 0 Å². The van der Waals surface area contributed by atoms with Gasteiger partial charge in [0.2, 0.25) is 5.89 Å². The molecule has 90 valence electrons. The highest BCUT2D eigenvalue weighted by Crippen LogP contribution is 2.19. The summed E-state index contributed by atoms with van der Waals surface area (Å²) >= 11 is 0. The Balaban J connectivity index is 1.92. The van der Waals surface area contributed by atoms with E-state index in [1.54, 1.807) is 0 Å². The van der Waals surface area contributed by atoms with Gasteiger partial charge in [-0.05, 0) is 39.9 Å². The molecule has 2 rings (SSSR count). The quantitative estimate of drug-likeness (QED) is 0.821. The average Bonchev–Trinajstić information content (AvgIpc) is 2.87. The second-order valence-corrected chi connectivity index (χ2v) is 4.68. The van der Waals surface area contributed by atoms with Crippen LogP contribution >= 0.6 is 0 Å². The summed E-state index contributed by atoms with van der Waals surface area (Å²) in [6.45, 7) is 4.34. The van der Waals surface area contributed by atoms with Gasteiger partial charge in [0.25, 0.3) is 0 Å². The summed E-state index contributed by atoms with van der Waals surface area (Å²) in [5, 5.41) is 7.12. The molecular formula is C11H20N4O. The van der Waals surface area contributed by atoms with Gasteiger partial charge < -0.3 is 14.7 Å². The van der Waals surface area contributed by atoms with Gasteiger partial charge in [-0.2, -0.15) is 4.98 Å². The zero-order valence-electron chi connectivity index (χ0n) is 10.2. The fraction of sp³-hybridized carbons (Fsp3) is 0.818. The molecule has 0 radical (unpaired) electrons. The van der Waals surface area contributed by atoms with Crippen LogP contribution in [0.2, 0.25) is 0 Å². The first kappa shape index (κ1) is 11.5. The molecule has 5 heteroatoms. The van der Waals surface area contributed by atoms with Gasteiger partial charge in [-0.3, -0.25) is 0 Å². The van der Waals surface area contributed by atoms with Crippen molar-refractivity contribution >= 4 is 0 Å². The third kappa shape index (κ3) is 2.59. The minimum Gasteiger partial charge on any atom is -0.338 e. The Hall–Kier alpha value is -0.940. The topological polar surface area (TPSA) is 54.2 Å². The molecule has 0 aromatic carbocycles. The molecule has 1 N–H and O–H groups in total. The smallest absolute Gasteiger partial charge is 0.243 e. The van der Waals surface area contributed by atoms with Crippen LogP contribution in [-0.4, -0.2) is 42.2 Å². The number of nitrogens with one attached hydrogen (secondary N) is 1. The Morgan fingerprint density at radius 3 is 3.06 bits per heavy atom. The lowest BCUT2D eigenvalue weighted by Crippen LogP contribution is -2.15. The number of rotatable bonds is 4. The molecule has 0 saturated carbocycles. The molecule has 0 amide bonds. The van der Waals surface area contributed by atoms with Crippen molar-refractivity contribution in [1.29, 1.82) is 0 Å². The van der Waals surface area contributed by atoms with Crippen molar-refractivity contribution in [2.24, 2.45) is 5.92 Å². The Kier molecular flexibility index (Phi) is 3.56. The molecule has 1 aliphatic rings. The minimum atomic E-state index is 0.132. The van der Waals surface area contributed by atoms with E-state index in [0.717, 1.165) is 18.8 Å². The molecule has 16 heavy (non-hydrogen) atoms. The predicted octanol–water partition coefficient (Wildman–Crippen LogP) is 0.844. The zero-order chi connectivity index (χ0) is 11.5. The van der Waals surface area contributed by atoms with Gasteiger partial charge in [0.1, 0.15) is 0 Å². The van der Waals surface area contributed by atoms with Crippen LogP contribution in [0.15, 0.2) is 4.52 Å². The molecular weight excluding hydrogens is 204 g/mol. The maximum atomic E-state index is 5.22. The standard InChI is InChI=1S/C11H20N4O/c1-8(12-2)11-13-10(14-16-11)6-9-4-5-15(3)7-9/h8-9,12H,4-7H2,1-3H3. The van der Waals surface area contributed by atoms with E-state index in [4.69, 9.17) is 4.52 Å². The molecule has 0 aliphatic carbocycles. The minimum absolute atomic E-state index is 0.132. The van der Waals surface area contributed by atoms with Gasteiger partial charge in [0.15, 0.2) is 5.82 Å². The van der Waals surface area contributed by atoms with E-state index in [9.17, 15) is 0 Å². The number of likely N-dealkylation sites (tertiary alicyclic amines) is 1. The van der Waals surface area contributed by atoms with Gasteiger partial charge in [0, 0.05) is 13.0 Å². The van der Waals surface area contributed by atoms with Crippen molar-refractivity contribution in [3.8, 4) is 0 Å². The molecule has 2 heterocycles. The number of hydrogen-bond acceptors (Lipinski definition) is 5. The van der Waals surface area contributed by atoms with Crippen molar-refractivity contribution in [3.05, 3.63) is 11.7 Å². The third-order valence-corrected chi connectivity index (χ3v) is 3.25.